The van der Waals surface area contributed by atoms with E-state index < -0.39 is 0 Å². The van der Waals surface area contributed by atoms with Gasteiger partial charge in [-0.05, 0) is 97.2 Å². The number of rotatable bonds is 3. The minimum Gasteiger partial charge on any atom is -0.393 e. The molecule has 0 radical (unpaired) electrons. The zero-order valence-corrected chi connectivity index (χ0v) is 18.1. The largest absolute Gasteiger partial charge is 0.393 e. The van der Waals surface area contributed by atoms with Gasteiger partial charge in [0.25, 0.3) is 0 Å². The van der Waals surface area contributed by atoms with Crippen LogP contribution in [0.15, 0.2) is 0 Å². The van der Waals surface area contributed by atoms with Crippen LogP contribution in [0, 0.1) is 52.3 Å². The van der Waals surface area contributed by atoms with Crippen LogP contribution in [0.25, 0.3) is 0 Å². The highest BCUT2D eigenvalue weighted by molar-refractivity contribution is 5.12. The van der Waals surface area contributed by atoms with Crippen LogP contribution in [0.4, 0.5) is 0 Å². The molecule has 1 N–H and O–H groups in total. The van der Waals surface area contributed by atoms with Gasteiger partial charge in [0, 0.05) is 0 Å². The highest BCUT2D eigenvalue weighted by Crippen LogP contribution is 2.68. The maximum atomic E-state index is 11.5. The summed E-state index contributed by atoms with van der Waals surface area (Å²) in [5, 5.41) is 11.5. The quantitative estimate of drug-likeness (QED) is 0.594. The molecule has 4 aliphatic rings. The molecule has 10 atom stereocenters. The van der Waals surface area contributed by atoms with Gasteiger partial charge in [0.1, 0.15) is 0 Å². The Morgan fingerprint density at radius 1 is 1.00 bits per heavy atom. The van der Waals surface area contributed by atoms with Crippen LogP contribution in [-0.2, 0) is 0 Å². The standard InChI is InChI=1S/C25H44O/c1-6-7-17(3)20-10-11-21-19-9-8-18-14-16(2)12-13-24(18,4)22(19)15-23(26)25(20,21)5/h16-23,26H,6-15H2,1-5H3/t16-,17-,18-,19+,20-,21+,22?,23?,24+,25-/m1/s1. The highest BCUT2D eigenvalue weighted by atomic mass is 16.3. The Balaban J connectivity index is 1.61. The monoisotopic (exact) mass is 360 g/mol. The molecular weight excluding hydrogens is 316 g/mol. The summed E-state index contributed by atoms with van der Waals surface area (Å²) < 4.78 is 0. The fraction of sp³-hybridized carbons (Fsp3) is 1.00. The third-order valence-corrected chi connectivity index (χ3v) is 10.5. The van der Waals surface area contributed by atoms with Gasteiger partial charge in [-0.15, -0.1) is 0 Å². The number of hydrogen-bond acceptors (Lipinski definition) is 1. The van der Waals surface area contributed by atoms with Crippen molar-refractivity contribution in [2.75, 3.05) is 0 Å². The SMILES string of the molecule is CCC[C@@H](C)[C@H]1CC[C@H]2[C@@H]3CC[C@@H]4C[C@H](C)CC[C@]4(C)C3CC(O)[C@]12C. The van der Waals surface area contributed by atoms with Gasteiger partial charge in [-0.1, -0.05) is 53.9 Å². The Kier molecular flexibility index (Phi) is 5.03. The Morgan fingerprint density at radius 2 is 1.77 bits per heavy atom. The molecule has 0 aromatic carbocycles. The molecule has 1 heteroatoms. The second kappa shape index (κ2) is 6.78. The van der Waals surface area contributed by atoms with Crippen LogP contribution in [0.5, 0.6) is 0 Å². The molecule has 2 unspecified atom stereocenters. The first-order valence-corrected chi connectivity index (χ1v) is 12.0. The second-order valence-electron chi connectivity index (χ2n) is 11.6. The molecule has 4 saturated carbocycles. The van der Waals surface area contributed by atoms with Crippen LogP contribution in [0.2, 0.25) is 0 Å². The van der Waals surface area contributed by atoms with Gasteiger partial charge in [-0.3, -0.25) is 0 Å². The van der Waals surface area contributed by atoms with Gasteiger partial charge >= 0.3 is 0 Å². The van der Waals surface area contributed by atoms with E-state index in [1.165, 1.54) is 57.8 Å². The molecule has 4 rings (SSSR count). The molecule has 0 bridgehead atoms. The molecule has 150 valence electrons. The zero-order valence-electron chi connectivity index (χ0n) is 18.1. The molecule has 4 aliphatic carbocycles. The molecule has 1 nitrogen and oxygen atoms in total. The van der Waals surface area contributed by atoms with Gasteiger partial charge in [-0.2, -0.15) is 0 Å². The van der Waals surface area contributed by atoms with Crippen molar-refractivity contribution in [3.63, 3.8) is 0 Å². The van der Waals surface area contributed by atoms with Crippen LogP contribution in [0.1, 0.15) is 98.8 Å². The van der Waals surface area contributed by atoms with E-state index >= 15 is 0 Å². The third-order valence-electron chi connectivity index (χ3n) is 10.5. The minimum absolute atomic E-state index is 0.0597. The van der Waals surface area contributed by atoms with E-state index in [4.69, 9.17) is 0 Å². The summed E-state index contributed by atoms with van der Waals surface area (Å²) in [6, 6.07) is 0. The zero-order chi connectivity index (χ0) is 18.7. The lowest BCUT2D eigenvalue weighted by Gasteiger charge is -2.62. The first-order chi connectivity index (χ1) is 12.3. The van der Waals surface area contributed by atoms with Crippen molar-refractivity contribution >= 4 is 0 Å². The van der Waals surface area contributed by atoms with E-state index in [0.29, 0.717) is 5.41 Å². The van der Waals surface area contributed by atoms with Crippen molar-refractivity contribution in [3.8, 4) is 0 Å². The van der Waals surface area contributed by atoms with Gasteiger partial charge in [0.05, 0.1) is 6.10 Å². The number of hydrogen-bond donors (Lipinski definition) is 1. The lowest BCUT2D eigenvalue weighted by molar-refractivity contribution is -0.171. The molecular formula is C25H44O. The van der Waals surface area contributed by atoms with E-state index in [1.54, 1.807) is 0 Å². The van der Waals surface area contributed by atoms with Crippen LogP contribution in [0.3, 0.4) is 0 Å². The lowest BCUT2D eigenvalue weighted by atomic mass is 9.43. The van der Waals surface area contributed by atoms with Gasteiger partial charge in [0.15, 0.2) is 0 Å². The van der Waals surface area contributed by atoms with Crippen molar-refractivity contribution in [3.05, 3.63) is 0 Å². The Labute approximate surface area is 162 Å². The maximum Gasteiger partial charge on any atom is 0.0602 e. The summed E-state index contributed by atoms with van der Waals surface area (Å²) in [4.78, 5) is 0. The predicted molar refractivity (Wildman–Crippen MR) is 110 cm³/mol. The van der Waals surface area contributed by atoms with Gasteiger partial charge in [0.2, 0.25) is 0 Å². The molecule has 0 heterocycles. The van der Waals surface area contributed by atoms with E-state index in [-0.39, 0.29) is 11.5 Å². The fourth-order valence-corrected chi connectivity index (χ4v) is 9.05. The van der Waals surface area contributed by atoms with E-state index in [1.807, 2.05) is 0 Å². The average Bonchev–Trinajstić information content (AvgIpc) is 2.96. The normalized spacial score (nSPS) is 54.9. The molecule has 0 aromatic heterocycles. The average molecular weight is 361 g/mol. The number of aliphatic hydroxyl groups is 1. The first kappa shape index (κ1) is 19.3. The van der Waals surface area contributed by atoms with Crippen molar-refractivity contribution in [1.29, 1.82) is 0 Å². The van der Waals surface area contributed by atoms with Crippen molar-refractivity contribution in [1.82, 2.24) is 0 Å². The summed E-state index contributed by atoms with van der Waals surface area (Å²) >= 11 is 0. The molecule has 0 saturated heterocycles. The van der Waals surface area contributed by atoms with Crippen LogP contribution < -0.4 is 0 Å². The third kappa shape index (κ3) is 2.66. The van der Waals surface area contributed by atoms with Crippen molar-refractivity contribution < 1.29 is 5.11 Å². The Bertz CT molecular complexity index is 514. The molecule has 0 spiro atoms. The van der Waals surface area contributed by atoms with Crippen LogP contribution in [-0.4, -0.2) is 11.2 Å². The molecule has 26 heavy (non-hydrogen) atoms. The number of fused-ring (bicyclic) bond motifs is 5. The summed E-state index contributed by atoms with van der Waals surface area (Å²) in [7, 11) is 0. The highest BCUT2D eigenvalue weighted by Gasteiger charge is 2.63. The first-order valence-electron chi connectivity index (χ1n) is 12.0. The fourth-order valence-electron chi connectivity index (χ4n) is 9.05. The summed E-state index contributed by atoms with van der Waals surface area (Å²) in [6.45, 7) is 12.4. The smallest absolute Gasteiger partial charge is 0.0602 e. The van der Waals surface area contributed by atoms with Crippen LogP contribution >= 0.6 is 0 Å². The molecule has 0 aliphatic heterocycles. The predicted octanol–water partition coefficient (Wildman–Crippen LogP) is 6.69. The van der Waals surface area contributed by atoms with E-state index in [9.17, 15) is 5.11 Å². The van der Waals surface area contributed by atoms with E-state index in [2.05, 4.69) is 34.6 Å². The minimum atomic E-state index is -0.0597. The molecule has 0 aromatic rings. The lowest BCUT2D eigenvalue weighted by Crippen LogP contribution is -2.58. The van der Waals surface area contributed by atoms with Gasteiger partial charge in [-0.25, -0.2) is 0 Å². The summed E-state index contributed by atoms with van der Waals surface area (Å²) in [5.74, 6) is 5.87. The number of aliphatic hydroxyl groups excluding tert-OH is 1. The summed E-state index contributed by atoms with van der Waals surface area (Å²) in [5.41, 5.74) is 0.714. The maximum absolute atomic E-state index is 11.5. The Hall–Kier alpha value is -0.0400. The van der Waals surface area contributed by atoms with Crippen molar-refractivity contribution in [2.45, 2.75) is 105 Å². The van der Waals surface area contributed by atoms with E-state index in [0.717, 1.165) is 47.8 Å². The second-order valence-corrected chi connectivity index (χ2v) is 11.6. The summed E-state index contributed by atoms with van der Waals surface area (Å²) in [6.07, 6.45) is 13.7. The molecule has 0 amide bonds. The topological polar surface area (TPSA) is 20.2 Å². The Morgan fingerprint density at radius 3 is 2.50 bits per heavy atom. The van der Waals surface area contributed by atoms with Gasteiger partial charge < -0.3 is 5.11 Å². The van der Waals surface area contributed by atoms with Crippen molar-refractivity contribution in [2.24, 2.45) is 52.3 Å². The molecule has 4 fully saturated rings.